The van der Waals surface area contributed by atoms with Crippen LogP contribution in [0.3, 0.4) is 0 Å². The van der Waals surface area contributed by atoms with Gasteiger partial charge in [-0.3, -0.25) is 4.79 Å². The van der Waals surface area contributed by atoms with Crippen LogP contribution in [0.15, 0.2) is 12.5 Å². The van der Waals surface area contributed by atoms with E-state index < -0.39 is 11.7 Å². The molecule has 23 heavy (non-hydrogen) atoms. The monoisotopic (exact) mass is 325 g/mol. The first-order chi connectivity index (χ1) is 10.8. The molecule has 0 bridgehead atoms. The number of ether oxygens (including phenoxy) is 2. The van der Waals surface area contributed by atoms with Crippen LogP contribution in [0, 0.1) is 0 Å². The summed E-state index contributed by atoms with van der Waals surface area (Å²) in [5, 5.41) is 2.72. The van der Waals surface area contributed by atoms with E-state index in [2.05, 4.69) is 10.3 Å². The second kappa shape index (κ2) is 9.17. The number of aromatic nitrogens is 2. The molecule has 1 aromatic rings. The van der Waals surface area contributed by atoms with Crippen molar-refractivity contribution in [3.8, 4) is 0 Å². The van der Waals surface area contributed by atoms with Gasteiger partial charge in [0.05, 0.1) is 12.9 Å². The number of carbonyl (C=O) groups is 2. The van der Waals surface area contributed by atoms with E-state index in [0.29, 0.717) is 39.0 Å². The summed E-state index contributed by atoms with van der Waals surface area (Å²) in [5.41, 5.74) is 0.504. The molecule has 0 saturated heterocycles. The molecule has 1 rings (SSSR count). The first-order valence-corrected chi connectivity index (χ1v) is 7.93. The summed E-state index contributed by atoms with van der Waals surface area (Å²) in [4.78, 5) is 27.0. The topological polar surface area (TPSA) is 82.5 Å². The number of esters is 1. The summed E-state index contributed by atoms with van der Waals surface area (Å²) >= 11 is 0. The van der Waals surface area contributed by atoms with E-state index in [1.54, 1.807) is 19.4 Å². The van der Waals surface area contributed by atoms with E-state index in [-0.39, 0.29) is 5.97 Å². The normalized spacial score (nSPS) is 11.1. The van der Waals surface area contributed by atoms with Gasteiger partial charge in [0.25, 0.3) is 0 Å². The third-order valence-corrected chi connectivity index (χ3v) is 2.93. The summed E-state index contributed by atoms with van der Waals surface area (Å²) in [6.07, 6.45) is 4.81. The average Bonchev–Trinajstić information content (AvgIpc) is 2.84. The Morgan fingerprint density at radius 1 is 1.35 bits per heavy atom. The van der Waals surface area contributed by atoms with Crippen LogP contribution in [0.4, 0.5) is 4.79 Å². The zero-order chi connectivity index (χ0) is 17.3. The van der Waals surface area contributed by atoms with Gasteiger partial charge in [-0.05, 0) is 34.1 Å². The predicted octanol–water partition coefficient (Wildman–Crippen LogP) is 2.29. The summed E-state index contributed by atoms with van der Waals surface area (Å²) in [6.45, 7) is 8.84. The van der Waals surface area contributed by atoms with Crippen LogP contribution in [0.2, 0.25) is 0 Å². The zero-order valence-electron chi connectivity index (χ0n) is 14.4. The number of nitrogens with zero attached hydrogens (tertiary/aromatic N) is 2. The van der Waals surface area contributed by atoms with Crippen LogP contribution in [0.1, 0.15) is 46.2 Å². The molecule has 0 atom stereocenters. The molecular weight excluding hydrogens is 298 g/mol. The van der Waals surface area contributed by atoms with E-state index in [0.717, 1.165) is 5.69 Å². The largest absolute Gasteiger partial charge is 0.466 e. The molecule has 1 heterocycles. The van der Waals surface area contributed by atoms with Crippen molar-refractivity contribution >= 4 is 12.1 Å². The lowest BCUT2D eigenvalue weighted by molar-refractivity contribution is -0.143. The highest BCUT2D eigenvalue weighted by molar-refractivity contribution is 5.69. The average molecular weight is 325 g/mol. The van der Waals surface area contributed by atoms with Crippen molar-refractivity contribution in [2.45, 2.75) is 59.1 Å². The molecule has 0 spiro atoms. The van der Waals surface area contributed by atoms with Crippen molar-refractivity contribution in [3.63, 3.8) is 0 Å². The second-order valence-electron chi connectivity index (χ2n) is 6.17. The van der Waals surface area contributed by atoms with E-state index in [9.17, 15) is 9.59 Å². The van der Waals surface area contributed by atoms with Crippen molar-refractivity contribution in [2.75, 3.05) is 13.2 Å². The molecule has 0 fully saturated rings. The van der Waals surface area contributed by atoms with Gasteiger partial charge in [0, 0.05) is 37.8 Å². The van der Waals surface area contributed by atoms with Crippen LogP contribution in [-0.2, 0) is 27.2 Å². The van der Waals surface area contributed by atoms with Gasteiger partial charge >= 0.3 is 12.1 Å². The molecule has 1 N–H and O–H groups in total. The van der Waals surface area contributed by atoms with Gasteiger partial charge in [0.2, 0.25) is 0 Å². The number of imidazole rings is 1. The highest BCUT2D eigenvalue weighted by Gasteiger charge is 2.15. The summed E-state index contributed by atoms with van der Waals surface area (Å²) in [6, 6.07) is 0. The van der Waals surface area contributed by atoms with Crippen LogP contribution >= 0.6 is 0 Å². The molecule has 1 amide bonds. The summed E-state index contributed by atoms with van der Waals surface area (Å²) < 4.78 is 12.1. The molecule has 1 aromatic heterocycles. The van der Waals surface area contributed by atoms with Gasteiger partial charge in [-0.1, -0.05) is 0 Å². The Morgan fingerprint density at radius 3 is 2.74 bits per heavy atom. The van der Waals surface area contributed by atoms with Gasteiger partial charge < -0.3 is 19.4 Å². The summed E-state index contributed by atoms with van der Waals surface area (Å²) in [5.74, 6) is -0.180. The number of hydrogen-bond acceptors (Lipinski definition) is 5. The van der Waals surface area contributed by atoms with Crippen molar-refractivity contribution in [1.29, 1.82) is 0 Å². The highest BCUT2D eigenvalue weighted by Crippen LogP contribution is 2.07. The van der Waals surface area contributed by atoms with Gasteiger partial charge in [-0.15, -0.1) is 0 Å². The van der Waals surface area contributed by atoms with Gasteiger partial charge in [0.15, 0.2) is 0 Å². The number of alkyl carbamates (subject to hydrolysis) is 1. The SMILES string of the molecule is CCOC(=O)CCCn1cncc1CCNC(=O)OC(C)(C)C. The van der Waals surface area contributed by atoms with Crippen molar-refractivity contribution in [3.05, 3.63) is 18.2 Å². The van der Waals surface area contributed by atoms with Gasteiger partial charge in [0.1, 0.15) is 5.60 Å². The number of aryl methyl sites for hydroxylation is 1. The molecule has 7 heteroatoms. The van der Waals surface area contributed by atoms with Gasteiger partial charge in [-0.2, -0.15) is 0 Å². The Morgan fingerprint density at radius 2 is 2.09 bits per heavy atom. The number of amides is 1. The van der Waals surface area contributed by atoms with E-state index in [1.807, 2.05) is 25.3 Å². The molecule has 0 unspecified atom stereocenters. The fourth-order valence-corrected chi connectivity index (χ4v) is 1.99. The van der Waals surface area contributed by atoms with Crippen LogP contribution < -0.4 is 5.32 Å². The lowest BCUT2D eigenvalue weighted by Crippen LogP contribution is -2.33. The highest BCUT2D eigenvalue weighted by atomic mass is 16.6. The fourth-order valence-electron chi connectivity index (χ4n) is 1.99. The number of rotatable bonds is 8. The maximum Gasteiger partial charge on any atom is 0.407 e. The minimum Gasteiger partial charge on any atom is -0.466 e. The first kappa shape index (κ1) is 19.0. The Balaban J connectivity index is 2.32. The summed E-state index contributed by atoms with van der Waals surface area (Å²) in [7, 11) is 0. The maximum atomic E-state index is 11.6. The van der Waals surface area contributed by atoms with Crippen molar-refractivity contribution < 1.29 is 19.1 Å². The Labute approximate surface area is 137 Å². The number of hydrogen-bond donors (Lipinski definition) is 1. The molecule has 0 radical (unpaired) electrons. The number of carbonyl (C=O) groups excluding carboxylic acids is 2. The Kier molecular flexibility index (Phi) is 7.57. The Bertz CT molecular complexity index is 506. The van der Waals surface area contributed by atoms with E-state index in [4.69, 9.17) is 9.47 Å². The molecule has 0 aliphatic carbocycles. The minimum absolute atomic E-state index is 0.180. The minimum atomic E-state index is -0.501. The van der Waals surface area contributed by atoms with Crippen molar-refractivity contribution in [2.24, 2.45) is 0 Å². The third-order valence-electron chi connectivity index (χ3n) is 2.93. The second-order valence-corrected chi connectivity index (χ2v) is 6.17. The van der Waals surface area contributed by atoms with Gasteiger partial charge in [-0.25, -0.2) is 9.78 Å². The van der Waals surface area contributed by atoms with E-state index in [1.165, 1.54) is 0 Å². The first-order valence-electron chi connectivity index (χ1n) is 7.93. The fraction of sp³-hybridized carbons (Fsp3) is 0.688. The van der Waals surface area contributed by atoms with Crippen LogP contribution in [0.5, 0.6) is 0 Å². The lowest BCUT2D eigenvalue weighted by Gasteiger charge is -2.19. The third kappa shape index (κ3) is 8.23. The molecular formula is C16H27N3O4. The lowest BCUT2D eigenvalue weighted by atomic mass is 10.2. The molecule has 0 aliphatic rings. The molecule has 130 valence electrons. The quantitative estimate of drug-likeness (QED) is 0.742. The zero-order valence-corrected chi connectivity index (χ0v) is 14.4. The van der Waals surface area contributed by atoms with Crippen LogP contribution in [0.25, 0.3) is 0 Å². The molecule has 0 aromatic carbocycles. The molecule has 0 aliphatic heterocycles. The molecule has 0 saturated carbocycles. The number of nitrogens with one attached hydrogen (secondary N) is 1. The van der Waals surface area contributed by atoms with Crippen LogP contribution in [-0.4, -0.2) is 40.4 Å². The van der Waals surface area contributed by atoms with Crippen molar-refractivity contribution in [1.82, 2.24) is 14.9 Å². The smallest absolute Gasteiger partial charge is 0.407 e. The standard InChI is InChI=1S/C16H27N3O4/c1-5-22-14(20)7-6-10-19-12-17-11-13(19)8-9-18-15(21)23-16(2,3)4/h11-12H,5-10H2,1-4H3,(H,18,21). The predicted molar refractivity (Wildman–Crippen MR) is 86.0 cm³/mol. The maximum absolute atomic E-state index is 11.6. The Hall–Kier alpha value is -2.05. The van der Waals surface area contributed by atoms with E-state index >= 15 is 0 Å². The molecule has 7 nitrogen and oxygen atoms in total.